The van der Waals surface area contributed by atoms with Crippen molar-refractivity contribution in [3.63, 3.8) is 0 Å². The molecule has 3 aliphatic rings. The van der Waals surface area contributed by atoms with E-state index >= 15 is 0 Å². The number of rotatable bonds is 4. The highest BCUT2D eigenvalue weighted by Gasteiger charge is 2.52. The maximum absolute atomic E-state index is 2.52. The topological polar surface area (TPSA) is 3.24 Å². The summed E-state index contributed by atoms with van der Waals surface area (Å²) in [6, 6.07) is 75.0. The molecule has 0 aliphatic heterocycles. The summed E-state index contributed by atoms with van der Waals surface area (Å²) in [4.78, 5) is 2.51. The predicted octanol–water partition coefficient (Wildman–Crippen LogP) is 14.6. The summed E-state index contributed by atoms with van der Waals surface area (Å²) in [6.07, 6.45) is 0. The van der Waals surface area contributed by atoms with Crippen LogP contribution in [0.25, 0.3) is 55.3 Å². The summed E-state index contributed by atoms with van der Waals surface area (Å²) in [5.41, 5.74) is 21.3. The number of fused-ring (bicyclic) bond motifs is 15. The molecule has 1 spiro atoms. The summed E-state index contributed by atoms with van der Waals surface area (Å²) < 4.78 is 0. The number of anilines is 3. The van der Waals surface area contributed by atoms with Crippen LogP contribution in [0.4, 0.5) is 17.1 Å². The molecule has 3 aliphatic carbocycles. The van der Waals surface area contributed by atoms with Crippen LogP contribution in [-0.4, -0.2) is 0 Å². The van der Waals surface area contributed by atoms with Gasteiger partial charge < -0.3 is 4.90 Å². The largest absolute Gasteiger partial charge is 0.310 e. The molecule has 1 unspecified atom stereocenters. The minimum atomic E-state index is -0.468. The molecular weight excluding hydrogens is 687 g/mol. The van der Waals surface area contributed by atoms with Gasteiger partial charge in [-0.1, -0.05) is 184 Å². The van der Waals surface area contributed by atoms with Gasteiger partial charge >= 0.3 is 0 Å². The van der Waals surface area contributed by atoms with Crippen molar-refractivity contribution in [3.05, 3.63) is 234 Å². The van der Waals surface area contributed by atoms with Crippen LogP contribution in [0, 0.1) is 0 Å². The quantitative estimate of drug-likeness (QED) is 0.175. The van der Waals surface area contributed by atoms with Gasteiger partial charge in [0.05, 0.1) is 11.1 Å². The van der Waals surface area contributed by atoms with Gasteiger partial charge in [-0.3, -0.25) is 0 Å². The third kappa shape index (κ3) is 4.29. The summed E-state index contributed by atoms with van der Waals surface area (Å²) in [5.74, 6) is 0. The molecule has 0 amide bonds. The lowest BCUT2D eigenvalue weighted by Crippen LogP contribution is -2.26. The fraction of sp³-hybridized carbons (Fsp3) is 0.0714. The zero-order chi connectivity index (χ0) is 37.9. The van der Waals surface area contributed by atoms with Crippen molar-refractivity contribution in [2.24, 2.45) is 0 Å². The van der Waals surface area contributed by atoms with Gasteiger partial charge in [0, 0.05) is 22.4 Å². The Bertz CT molecular complexity index is 3110. The number of nitrogens with zero attached hydrogens (tertiary/aromatic N) is 1. The minimum absolute atomic E-state index is 0.129. The van der Waals surface area contributed by atoms with Crippen molar-refractivity contribution in [1.29, 1.82) is 0 Å². The third-order valence-electron chi connectivity index (χ3n) is 13.3. The van der Waals surface area contributed by atoms with E-state index in [1.807, 2.05) is 0 Å². The number of benzene rings is 9. The molecule has 12 rings (SSSR count). The molecule has 1 nitrogen and oxygen atoms in total. The Kier molecular flexibility index (Phi) is 6.67. The molecule has 9 aromatic rings. The van der Waals surface area contributed by atoms with Gasteiger partial charge in [-0.25, -0.2) is 0 Å². The van der Waals surface area contributed by atoms with E-state index < -0.39 is 5.41 Å². The number of hydrogen-bond acceptors (Lipinski definition) is 1. The molecule has 0 fully saturated rings. The molecule has 0 saturated heterocycles. The summed E-state index contributed by atoms with van der Waals surface area (Å²) in [5, 5.41) is 2.58. The normalized spacial score (nSPS) is 16.1. The highest BCUT2D eigenvalue weighted by Crippen LogP contribution is 2.64. The van der Waals surface area contributed by atoms with E-state index in [4.69, 9.17) is 0 Å². The van der Waals surface area contributed by atoms with Crippen molar-refractivity contribution in [1.82, 2.24) is 0 Å². The Morgan fingerprint density at radius 3 is 1.63 bits per heavy atom. The molecular formula is C56H39N. The van der Waals surface area contributed by atoms with Crippen molar-refractivity contribution in [2.45, 2.75) is 24.7 Å². The maximum Gasteiger partial charge on any atom is 0.0726 e. The third-order valence-corrected chi connectivity index (χ3v) is 13.3. The zero-order valence-electron chi connectivity index (χ0n) is 32.0. The molecule has 9 aromatic carbocycles. The van der Waals surface area contributed by atoms with Crippen molar-refractivity contribution in [3.8, 4) is 44.5 Å². The van der Waals surface area contributed by atoms with Gasteiger partial charge in [0.1, 0.15) is 0 Å². The average molecular weight is 726 g/mol. The monoisotopic (exact) mass is 725 g/mol. The summed E-state index contributed by atoms with van der Waals surface area (Å²) in [6.45, 7) is 4.75. The summed E-state index contributed by atoms with van der Waals surface area (Å²) in [7, 11) is 0. The predicted molar refractivity (Wildman–Crippen MR) is 238 cm³/mol. The van der Waals surface area contributed by atoms with E-state index in [-0.39, 0.29) is 5.41 Å². The fourth-order valence-corrected chi connectivity index (χ4v) is 10.8. The highest BCUT2D eigenvalue weighted by molar-refractivity contribution is 6.06. The van der Waals surface area contributed by atoms with Gasteiger partial charge in [-0.05, 0) is 113 Å². The minimum Gasteiger partial charge on any atom is -0.310 e. The van der Waals surface area contributed by atoms with E-state index in [0.29, 0.717) is 0 Å². The van der Waals surface area contributed by atoms with E-state index in [1.165, 1.54) is 88.7 Å². The average Bonchev–Trinajstić information content (AvgIpc) is 3.83. The van der Waals surface area contributed by atoms with Gasteiger partial charge in [0.25, 0.3) is 0 Å². The van der Waals surface area contributed by atoms with Crippen molar-refractivity contribution >= 4 is 27.8 Å². The van der Waals surface area contributed by atoms with E-state index in [1.54, 1.807) is 0 Å². The standard InChI is InChI=1S/C56H39N/c1-55(2)47-24-12-8-21-42(47)44-31-29-38(34-51(44)55)57(53-27-15-11-19-40(53)36-16-4-3-5-17-36)39-30-32-45-43-22-9-13-25-48(43)56(52(45)35-39)49-26-14-10-23-46(49)54-41-20-7-6-18-37(41)28-33-50(54)56/h3-35H,1-2H3. The van der Waals surface area contributed by atoms with Gasteiger partial charge in [0.2, 0.25) is 0 Å². The van der Waals surface area contributed by atoms with Crippen LogP contribution >= 0.6 is 0 Å². The molecule has 1 atom stereocenters. The Balaban J connectivity index is 1.15. The lowest BCUT2D eigenvalue weighted by molar-refractivity contribution is 0.660. The summed E-state index contributed by atoms with van der Waals surface area (Å²) >= 11 is 0. The molecule has 1 heteroatoms. The fourth-order valence-electron chi connectivity index (χ4n) is 10.8. The van der Waals surface area contributed by atoms with Gasteiger partial charge in [0.15, 0.2) is 0 Å². The second-order valence-electron chi connectivity index (χ2n) is 16.4. The SMILES string of the molecule is CC1(C)c2ccccc2-c2ccc(N(c3ccc4c(c3)C3(c5ccccc5-4)c4ccccc4-c4c3ccc3ccccc43)c3ccccc3-c3ccccc3)cc21. The lowest BCUT2D eigenvalue weighted by atomic mass is 9.70. The number of hydrogen-bond donors (Lipinski definition) is 0. The number of para-hydroxylation sites is 1. The van der Waals surface area contributed by atoms with Crippen LogP contribution in [0.2, 0.25) is 0 Å². The smallest absolute Gasteiger partial charge is 0.0726 e. The van der Waals surface area contributed by atoms with Crippen molar-refractivity contribution < 1.29 is 0 Å². The maximum atomic E-state index is 2.52. The first kappa shape index (κ1) is 32.3. The Labute approximate surface area is 334 Å². The Morgan fingerprint density at radius 1 is 0.351 bits per heavy atom. The van der Waals surface area contributed by atoms with Crippen LogP contribution in [0.3, 0.4) is 0 Å². The first-order valence-corrected chi connectivity index (χ1v) is 20.1. The van der Waals surface area contributed by atoms with Crippen LogP contribution in [0.5, 0.6) is 0 Å². The first-order chi connectivity index (χ1) is 28.0. The van der Waals surface area contributed by atoms with Crippen LogP contribution in [-0.2, 0) is 10.8 Å². The van der Waals surface area contributed by atoms with E-state index in [0.717, 1.165) is 17.1 Å². The van der Waals surface area contributed by atoms with Crippen molar-refractivity contribution in [2.75, 3.05) is 4.90 Å². The highest BCUT2D eigenvalue weighted by atomic mass is 15.1. The van der Waals surface area contributed by atoms with Crippen LogP contribution < -0.4 is 4.90 Å². The molecule has 0 N–H and O–H groups in total. The van der Waals surface area contributed by atoms with Gasteiger partial charge in [-0.2, -0.15) is 0 Å². The van der Waals surface area contributed by atoms with Crippen LogP contribution in [0.1, 0.15) is 47.2 Å². The molecule has 0 aromatic heterocycles. The lowest BCUT2D eigenvalue weighted by Gasteiger charge is -2.33. The second kappa shape index (κ2) is 11.8. The molecule has 0 heterocycles. The molecule has 0 saturated carbocycles. The van der Waals surface area contributed by atoms with E-state index in [9.17, 15) is 0 Å². The zero-order valence-corrected chi connectivity index (χ0v) is 32.0. The Morgan fingerprint density at radius 2 is 0.877 bits per heavy atom. The first-order valence-electron chi connectivity index (χ1n) is 20.1. The molecule has 268 valence electrons. The molecule has 57 heavy (non-hydrogen) atoms. The second-order valence-corrected chi connectivity index (χ2v) is 16.4. The van der Waals surface area contributed by atoms with E-state index in [2.05, 4.69) is 219 Å². The Hall–Kier alpha value is -6.96. The van der Waals surface area contributed by atoms with Gasteiger partial charge in [-0.15, -0.1) is 0 Å². The van der Waals surface area contributed by atoms with Crippen LogP contribution in [0.15, 0.2) is 200 Å². The molecule has 0 radical (unpaired) electrons. The molecule has 0 bridgehead atoms.